The van der Waals surface area contributed by atoms with Gasteiger partial charge in [-0.15, -0.1) is 0 Å². The molecule has 2 heterocycles. The van der Waals surface area contributed by atoms with Gasteiger partial charge in [0.15, 0.2) is 0 Å². The highest BCUT2D eigenvalue weighted by molar-refractivity contribution is 5.60. The van der Waals surface area contributed by atoms with Gasteiger partial charge in [0.2, 0.25) is 5.95 Å². The van der Waals surface area contributed by atoms with Crippen molar-refractivity contribution in [1.82, 2.24) is 9.97 Å². The summed E-state index contributed by atoms with van der Waals surface area (Å²) in [6.45, 7) is 1.87. The van der Waals surface area contributed by atoms with Crippen molar-refractivity contribution in [1.29, 1.82) is 5.26 Å². The summed E-state index contributed by atoms with van der Waals surface area (Å²) in [4.78, 5) is 15.4. The summed E-state index contributed by atoms with van der Waals surface area (Å²) >= 11 is 0. The number of benzene rings is 1. The van der Waals surface area contributed by atoms with E-state index in [0.717, 1.165) is 43.0 Å². The Morgan fingerprint density at radius 2 is 2.00 bits per heavy atom. The Labute approximate surface area is 149 Å². The summed E-state index contributed by atoms with van der Waals surface area (Å²) in [5.41, 5.74) is 1.77. The van der Waals surface area contributed by atoms with Gasteiger partial charge >= 0.3 is 0 Å². The van der Waals surface area contributed by atoms with Crippen LogP contribution in [0, 0.1) is 11.3 Å². The van der Waals surface area contributed by atoms with Crippen molar-refractivity contribution in [3.8, 4) is 6.07 Å². The van der Waals surface area contributed by atoms with Crippen molar-refractivity contribution < 1.29 is 0 Å². The molecule has 0 bridgehead atoms. The summed E-state index contributed by atoms with van der Waals surface area (Å²) in [6, 6.07) is 12.4. The molecule has 0 saturated carbocycles. The minimum Gasteiger partial charge on any atom is -0.368 e. The Morgan fingerprint density at radius 1 is 1.20 bits per heavy atom. The molecule has 0 amide bonds. The van der Waals surface area contributed by atoms with Crippen LogP contribution in [-0.2, 0) is 0 Å². The quantitative estimate of drug-likeness (QED) is 0.855. The summed E-state index contributed by atoms with van der Waals surface area (Å²) in [7, 11) is 5.98. The zero-order valence-corrected chi connectivity index (χ0v) is 15.1. The summed E-state index contributed by atoms with van der Waals surface area (Å²) in [6.07, 6.45) is 4.02. The highest BCUT2D eigenvalue weighted by atomic mass is 15.3. The molecular weight excluding hydrogens is 312 g/mol. The fourth-order valence-corrected chi connectivity index (χ4v) is 3.27. The molecule has 2 aromatic rings. The molecule has 1 aromatic heterocycles. The van der Waals surface area contributed by atoms with Crippen LogP contribution in [0.5, 0.6) is 0 Å². The summed E-state index contributed by atoms with van der Waals surface area (Å²) in [5, 5.41) is 9.38. The largest absolute Gasteiger partial charge is 0.368 e. The lowest BCUT2D eigenvalue weighted by Gasteiger charge is -2.39. The van der Waals surface area contributed by atoms with E-state index < -0.39 is 0 Å². The molecule has 1 aromatic carbocycles. The van der Waals surface area contributed by atoms with Crippen LogP contribution in [0.15, 0.2) is 36.5 Å². The fraction of sp³-hybridized carbons (Fsp3) is 0.421. The van der Waals surface area contributed by atoms with Crippen molar-refractivity contribution in [2.75, 3.05) is 48.9 Å². The van der Waals surface area contributed by atoms with Crippen LogP contribution in [0.25, 0.3) is 0 Å². The second kappa shape index (κ2) is 7.39. The Balaban J connectivity index is 1.79. The van der Waals surface area contributed by atoms with Crippen molar-refractivity contribution in [3.63, 3.8) is 0 Å². The summed E-state index contributed by atoms with van der Waals surface area (Å²) < 4.78 is 0. The molecule has 0 aliphatic carbocycles. The van der Waals surface area contributed by atoms with Gasteiger partial charge in [0, 0.05) is 46.5 Å². The predicted molar refractivity (Wildman–Crippen MR) is 101 cm³/mol. The number of nitrogens with zero attached hydrogens (tertiary/aromatic N) is 6. The van der Waals surface area contributed by atoms with Crippen molar-refractivity contribution in [2.24, 2.45) is 0 Å². The number of hydrogen-bond acceptors (Lipinski definition) is 6. The van der Waals surface area contributed by atoms with E-state index in [0.29, 0.717) is 12.0 Å². The number of aromatic nitrogens is 2. The summed E-state index contributed by atoms with van der Waals surface area (Å²) in [5.74, 6) is 1.64. The third kappa shape index (κ3) is 3.66. The molecule has 0 spiro atoms. The normalized spacial score (nSPS) is 17.0. The van der Waals surface area contributed by atoms with Crippen molar-refractivity contribution in [2.45, 2.75) is 18.9 Å². The molecule has 1 atom stereocenters. The van der Waals surface area contributed by atoms with Crippen molar-refractivity contribution in [3.05, 3.63) is 42.1 Å². The average Bonchev–Trinajstić information content (AvgIpc) is 2.67. The van der Waals surface area contributed by atoms with E-state index in [1.165, 1.54) is 0 Å². The first kappa shape index (κ1) is 17.0. The molecule has 1 fully saturated rings. The standard InChI is InChI=1S/C19H24N6/c1-23(2)19-21-11-10-18(22-19)24(3)16-8-6-12-25(14-16)17-9-5-4-7-15(17)13-20/h4-5,7,9-11,16H,6,8,12,14H2,1-3H3. The minimum absolute atomic E-state index is 0.352. The van der Waals surface area contributed by atoms with Crippen LogP contribution in [-0.4, -0.2) is 50.2 Å². The highest BCUT2D eigenvalue weighted by Crippen LogP contribution is 2.27. The maximum atomic E-state index is 9.38. The van der Waals surface area contributed by atoms with Gasteiger partial charge in [-0.3, -0.25) is 0 Å². The van der Waals surface area contributed by atoms with Gasteiger partial charge in [-0.25, -0.2) is 4.98 Å². The van der Waals surface area contributed by atoms with E-state index >= 15 is 0 Å². The molecular formula is C19H24N6. The molecule has 1 unspecified atom stereocenters. The molecule has 3 rings (SSSR count). The lowest BCUT2D eigenvalue weighted by atomic mass is 10.0. The molecule has 0 N–H and O–H groups in total. The predicted octanol–water partition coefficient (Wildman–Crippen LogP) is 2.52. The van der Waals surface area contributed by atoms with E-state index in [-0.39, 0.29) is 0 Å². The van der Waals surface area contributed by atoms with Crippen LogP contribution in [0.4, 0.5) is 17.5 Å². The number of likely N-dealkylation sites (N-methyl/N-ethyl adjacent to an activating group) is 1. The van der Waals surface area contributed by atoms with Gasteiger partial charge in [0.1, 0.15) is 11.9 Å². The number of anilines is 3. The molecule has 0 radical (unpaired) electrons. The van der Waals surface area contributed by atoms with Gasteiger partial charge < -0.3 is 14.7 Å². The number of hydrogen-bond donors (Lipinski definition) is 0. The number of para-hydroxylation sites is 1. The second-order valence-electron chi connectivity index (χ2n) is 6.59. The average molecular weight is 336 g/mol. The highest BCUT2D eigenvalue weighted by Gasteiger charge is 2.25. The van der Waals surface area contributed by atoms with Gasteiger partial charge in [-0.1, -0.05) is 12.1 Å². The number of nitriles is 1. The van der Waals surface area contributed by atoms with E-state index in [1.807, 2.05) is 49.3 Å². The van der Waals surface area contributed by atoms with Crippen LogP contribution in [0.2, 0.25) is 0 Å². The minimum atomic E-state index is 0.352. The van der Waals surface area contributed by atoms with Gasteiger partial charge in [-0.2, -0.15) is 10.2 Å². The van der Waals surface area contributed by atoms with Gasteiger partial charge in [0.05, 0.1) is 11.3 Å². The Kier molecular flexibility index (Phi) is 5.03. The molecule has 1 aliphatic rings. The monoisotopic (exact) mass is 336 g/mol. The van der Waals surface area contributed by atoms with E-state index in [1.54, 1.807) is 6.20 Å². The van der Waals surface area contributed by atoms with Crippen LogP contribution >= 0.6 is 0 Å². The molecule has 1 saturated heterocycles. The molecule has 25 heavy (non-hydrogen) atoms. The molecule has 6 nitrogen and oxygen atoms in total. The Morgan fingerprint density at radius 3 is 2.76 bits per heavy atom. The van der Waals surface area contributed by atoms with Crippen LogP contribution in [0.1, 0.15) is 18.4 Å². The first-order valence-corrected chi connectivity index (χ1v) is 8.57. The van der Waals surface area contributed by atoms with Crippen LogP contribution < -0.4 is 14.7 Å². The smallest absolute Gasteiger partial charge is 0.226 e. The second-order valence-corrected chi connectivity index (χ2v) is 6.59. The Hall–Kier alpha value is -2.81. The zero-order valence-electron chi connectivity index (χ0n) is 15.1. The van der Waals surface area contributed by atoms with Crippen molar-refractivity contribution >= 4 is 17.5 Å². The molecule has 130 valence electrons. The first-order chi connectivity index (χ1) is 12.1. The molecule has 6 heteroatoms. The third-order valence-corrected chi connectivity index (χ3v) is 4.70. The van der Waals surface area contributed by atoms with E-state index in [4.69, 9.17) is 0 Å². The number of rotatable bonds is 4. The van der Waals surface area contributed by atoms with Crippen LogP contribution in [0.3, 0.4) is 0 Å². The maximum absolute atomic E-state index is 9.38. The van der Waals surface area contributed by atoms with E-state index in [9.17, 15) is 5.26 Å². The zero-order chi connectivity index (χ0) is 17.8. The number of piperidine rings is 1. The third-order valence-electron chi connectivity index (χ3n) is 4.70. The molecule has 1 aliphatic heterocycles. The van der Waals surface area contributed by atoms with E-state index in [2.05, 4.69) is 32.9 Å². The maximum Gasteiger partial charge on any atom is 0.226 e. The lowest BCUT2D eigenvalue weighted by molar-refractivity contribution is 0.485. The SMILES string of the molecule is CN(C)c1nccc(N(C)C2CCCN(c3ccccc3C#N)C2)n1. The fourth-order valence-electron chi connectivity index (χ4n) is 3.27. The first-order valence-electron chi connectivity index (χ1n) is 8.57. The van der Waals surface area contributed by atoms with Gasteiger partial charge in [-0.05, 0) is 31.0 Å². The lowest BCUT2D eigenvalue weighted by Crippen LogP contribution is -2.47. The Bertz CT molecular complexity index is 767. The van der Waals surface area contributed by atoms with Gasteiger partial charge in [0.25, 0.3) is 0 Å². The topological polar surface area (TPSA) is 59.3 Å².